The lowest BCUT2D eigenvalue weighted by molar-refractivity contribution is 0.383. The zero-order valence-electron chi connectivity index (χ0n) is 9.17. The molecule has 0 spiro atoms. The van der Waals surface area contributed by atoms with Gasteiger partial charge in [-0.05, 0) is 45.7 Å². The first-order chi connectivity index (χ1) is 6.46. The molecule has 1 fully saturated rings. The van der Waals surface area contributed by atoms with E-state index in [9.17, 15) is 0 Å². The Hall–Kier alpha value is -0.890. The summed E-state index contributed by atoms with van der Waals surface area (Å²) >= 11 is 0. The van der Waals surface area contributed by atoms with Crippen LogP contribution in [-0.4, -0.2) is 10.5 Å². The molecule has 2 rings (SSSR count). The molecular formula is C12H18N2. The van der Waals surface area contributed by atoms with Crippen LogP contribution < -0.4 is 5.73 Å². The lowest BCUT2D eigenvalue weighted by atomic mass is 9.82. The Labute approximate surface area is 85.5 Å². The fourth-order valence-electron chi connectivity index (χ4n) is 2.17. The van der Waals surface area contributed by atoms with Crippen molar-refractivity contribution in [1.82, 2.24) is 4.98 Å². The average Bonchev–Trinajstić information content (AvgIpc) is 2.82. The van der Waals surface area contributed by atoms with Crippen molar-refractivity contribution < 1.29 is 0 Å². The van der Waals surface area contributed by atoms with Gasteiger partial charge in [-0.2, -0.15) is 0 Å². The third-order valence-electron chi connectivity index (χ3n) is 3.36. The summed E-state index contributed by atoms with van der Waals surface area (Å²) in [6, 6.07) is 6.21. The zero-order valence-corrected chi connectivity index (χ0v) is 9.17. The molecule has 0 aromatic carbocycles. The number of pyridine rings is 1. The molecule has 1 saturated carbocycles. The molecule has 0 radical (unpaired) electrons. The largest absolute Gasteiger partial charge is 0.325 e. The summed E-state index contributed by atoms with van der Waals surface area (Å²) in [6.07, 6.45) is 2.35. The second kappa shape index (κ2) is 2.80. The summed E-state index contributed by atoms with van der Waals surface area (Å²) in [6.45, 7) is 6.23. The first kappa shape index (κ1) is 9.66. The highest BCUT2D eigenvalue weighted by atomic mass is 14.9. The number of nitrogens with two attached hydrogens (primary N) is 1. The smallest absolute Gasteiger partial charge is 0.0486 e. The molecule has 1 aliphatic rings. The van der Waals surface area contributed by atoms with E-state index >= 15 is 0 Å². The van der Waals surface area contributed by atoms with Crippen molar-refractivity contribution in [2.24, 2.45) is 5.73 Å². The maximum absolute atomic E-state index is 6.22. The van der Waals surface area contributed by atoms with E-state index in [2.05, 4.69) is 31.0 Å². The second-order valence-corrected chi connectivity index (χ2v) is 4.97. The molecule has 2 nitrogen and oxygen atoms in total. The molecule has 0 bridgehead atoms. The van der Waals surface area contributed by atoms with Gasteiger partial charge in [0.05, 0.1) is 0 Å². The molecule has 1 aromatic heterocycles. The van der Waals surface area contributed by atoms with E-state index in [1.807, 2.05) is 13.0 Å². The van der Waals surface area contributed by atoms with E-state index in [1.54, 1.807) is 0 Å². The average molecular weight is 190 g/mol. The van der Waals surface area contributed by atoms with E-state index < -0.39 is 0 Å². The van der Waals surface area contributed by atoms with Crippen LogP contribution in [0.15, 0.2) is 18.2 Å². The lowest BCUT2D eigenvalue weighted by Crippen LogP contribution is -2.45. The Kier molecular flexibility index (Phi) is 1.93. The second-order valence-electron chi connectivity index (χ2n) is 4.97. The first-order valence-corrected chi connectivity index (χ1v) is 5.19. The van der Waals surface area contributed by atoms with E-state index in [4.69, 9.17) is 5.73 Å². The van der Waals surface area contributed by atoms with Crippen LogP contribution in [0.5, 0.6) is 0 Å². The van der Waals surface area contributed by atoms with Crippen LogP contribution >= 0.6 is 0 Å². The Balaban J connectivity index is 2.41. The molecule has 2 N–H and O–H groups in total. The third kappa shape index (κ3) is 1.34. The van der Waals surface area contributed by atoms with Crippen LogP contribution in [0.4, 0.5) is 0 Å². The van der Waals surface area contributed by atoms with Crippen molar-refractivity contribution in [2.45, 2.75) is 44.6 Å². The van der Waals surface area contributed by atoms with Gasteiger partial charge in [0, 0.05) is 22.3 Å². The summed E-state index contributed by atoms with van der Waals surface area (Å²) in [5.41, 5.74) is 8.45. The minimum Gasteiger partial charge on any atom is -0.325 e. The van der Waals surface area contributed by atoms with Crippen molar-refractivity contribution in [3.05, 3.63) is 29.6 Å². The fraction of sp³-hybridized carbons (Fsp3) is 0.583. The topological polar surface area (TPSA) is 38.9 Å². The van der Waals surface area contributed by atoms with E-state index in [-0.39, 0.29) is 11.0 Å². The summed E-state index contributed by atoms with van der Waals surface area (Å²) in [4.78, 5) is 4.59. The highest BCUT2D eigenvalue weighted by Gasteiger charge is 2.54. The number of hydrogen-bond donors (Lipinski definition) is 1. The SMILES string of the molecule is Cc1cccc(C2(C(C)(C)N)CC2)n1. The summed E-state index contributed by atoms with van der Waals surface area (Å²) < 4.78 is 0. The van der Waals surface area contributed by atoms with Crippen LogP contribution in [0.1, 0.15) is 38.1 Å². The predicted octanol–water partition coefficient (Wildman–Crippen LogP) is 2.16. The molecule has 0 atom stereocenters. The molecule has 1 heterocycles. The van der Waals surface area contributed by atoms with Crippen LogP contribution in [0, 0.1) is 6.92 Å². The minimum absolute atomic E-state index is 0.138. The molecule has 0 amide bonds. The van der Waals surface area contributed by atoms with Gasteiger partial charge in [-0.15, -0.1) is 0 Å². The maximum Gasteiger partial charge on any atom is 0.0486 e. The Morgan fingerprint density at radius 2 is 2.00 bits per heavy atom. The maximum atomic E-state index is 6.22. The highest BCUT2D eigenvalue weighted by Crippen LogP contribution is 2.53. The normalized spacial score (nSPS) is 19.4. The van der Waals surface area contributed by atoms with E-state index in [0.29, 0.717) is 0 Å². The van der Waals surface area contributed by atoms with Crippen molar-refractivity contribution in [3.8, 4) is 0 Å². The van der Waals surface area contributed by atoms with Crippen LogP contribution in [0.3, 0.4) is 0 Å². The number of nitrogens with zero attached hydrogens (tertiary/aromatic N) is 1. The predicted molar refractivity (Wildman–Crippen MR) is 58.2 cm³/mol. The van der Waals surface area contributed by atoms with Crippen molar-refractivity contribution in [2.75, 3.05) is 0 Å². The number of aromatic nitrogens is 1. The summed E-state index contributed by atoms with van der Waals surface area (Å²) in [7, 11) is 0. The van der Waals surface area contributed by atoms with E-state index in [0.717, 1.165) is 5.69 Å². The Bertz CT molecular complexity index is 346. The quantitative estimate of drug-likeness (QED) is 0.776. The number of aryl methyl sites for hydroxylation is 1. The van der Waals surface area contributed by atoms with Crippen molar-refractivity contribution in [1.29, 1.82) is 0 Å². The molecule has 14 heavy (non-hydrogen) atoms. The first-order valence-electron chi connectivity index (χ1n) is 5.19. The molecular weight excluding hydrogens is 172 g/mol. The van der Waals surface area contributed by atoms with Gasteiger partial charge in [0.15, 0.2) is 0 Å². The fourth-order valence-corrected chi connectivity index (χ4v) is 2.17. The molecule has 76 valence electrons. The van der Waals surface area contributed by atoms with Gasteiger partial charge < -0.3 is 5.73 Å². The molecule has 2 heteroatoms. The molecule has 1 aromatic rings. The minimum atomic E-state index is -0.159. The van der Waals surface area contributed by atoms with Crippen molar-refractivity contribution >= 4 is 0 Å². The standard InChI is InChI=1S/C12H18N2/c1-9-5-4-6-10(14-9)12(7-8-12)11(2,3)13/h4-6H,7-8,13H2,1-3H3. The van der Waals surface area contributed by atoms with Gasteiger partial charge in [0.2, 0.25) is 0 Å². The lowest BCUT2D eigenvalue weighted by Gasteiger charge is -2.30. The van der Waals surface area contributed by atoms with Gasteiger partial charge in [-0.1, -0.05) is 6.07 Å². The number of rotatable bonds is 2. The van der Waals surface area contributed by atoms with Crippen LogP contribution in [0.25, 0.3) is 0 Å². The molecule has 1 aliphatic carbocycles. The third-order valence-corrected chi connectivity index (χ3v) is 3.36. The summed E-state index contributed by atoms with van der Waals surface area (Å²) in [5.74, 6) is 0. The Morgan fingerprint density at radius 3 is 2.43 bits per heavy atom. The monoisotopic (exact) mass is 190 g/mol. The highest BCUT2D eigenvalue weighted by molar-refractivity contribution is 5.31. The summed E-state index contributed by atoms with van der Waals surface area (Å²) in [5, 5.41) is 0. The Morgan fingerprint density at radius 1 is 1.36 bits per heavy atom. The number of hydrogen-bond acceptors (Lipinski definition) is 2. The van der Waals surface area contributed by atoms with Gasteiger partial charge in [0.25, 0.3) is 0 Å². The molecule has 0 saturated heterocycles. The van der Waals surface area contributed by atoms with Crippen LogP contribution in [-0.2, 0) is 5.41 Å². The van der Waals surface area contributed by atoms with Gasteiger partial charge >= 0.3 is 0 Å². The van der Waals surface area contributed by atoms with Crippen molar-refractivity contribution in [3.63, 3.8) is 0 Å². The molecule has 0 unspecified atom stereocenters. The van der Waals surface area contributed by atoms with Crippen LogP contribution in [0.2, 0.25) is 0 Å². The van der Waals surface area contributed by atoms with E-state index in [1.165, 1.54) is 18.5 Å². The molecule has 0 aliphatic heterocycles. The van der Waals surface area contributed by atoms with Gasteiger partial charge in [0.1, 0.15) is 0 Å². The van der Waals surface area contributed by atoms with Gasteiger partial charge in [-0.25, -0.2) is 0 Å². The zero-order chi connectivity index (χ0) is 10.4. The van der Waals surface area contributed by atoms with Gasteiger partial charge in [-0.3, -0.25) is 4.98 Å².